The number of guanidine groups is 1. The second kappa shape index (κ2) is 9.47. The average Bonchev–Trinajstić information content (AvgIpc) is 2.83. The molecule has 2 N–H and O–H groups in total. The number of thiophene rings is 1. The third kappa shape index (κ3) is 5.25. The fraction of sp³-hybridized carbons (Fsp3) is 0.312. The number of fused-ring (bicyclic) bond motifs is 1. The Morgan fingerprint density at radius 1 is 1.25 bits per heavy atom. The van der Waals surface area contributed by atoms with Crippen molar-refractivity contribution in [1.29, 1.82) is 0 Å². The van der Waals surface area contributed by atoms with E-state index in [1.54, 1.807) is 18.4 Å². The summed E-state index contributed by atoms with van der Waals surface area (Å²) in [6.45, 7) is 2.09. The minimum absolute atomic E-state index is 0. The van der Waals surface area contributed by atoms with E-state index in [1.165, 1.54) is 4.88 Å². The number of anilines is 1. The molecule has 3 rings (SSSR count). The lowest BCUT2D eigenvalue weighted by molar-refractivity contribution is 0.297. The third-order valence-corrected chi connectivity index (χ3v) is 4.98. The molecule has 0 radical (unpaired) electrons. The van der Waals surface area contributed by atoms with Gasteiger partial charge in [-0.05, 0) is 34.1 Å². The average molecular weight is 524 g/mol. The molecule has 24 heavy (non-hydrogen) atoms. The van der Waals surface area contributed by atoms with Crippen molar-refractivity contribution in [2.75, 3.05) is 25.6 Å². The molecule has 0 amide bonds. The van der Waals surface area contributed by atoms with Crippen LogP contribution < -0.4 is 20.1 Å². The van der Waals surface area contributed by atoms with Crippen molar-refractivity contribution in [3.63, 3.8) is 0 Å². The molecule has 0 saturated heterocycles. The van der Waals surface area contributed by atoms with Gasteiger partial charge in [0.15, 0.2) is 17.5 Å². The SMILES string of the molecule is CN=C(NCc1cc(Br)cs1)Nc1ccc2c(c1)OCCCO2.I. The van der Waals surface area contributed by atoms with Crippen molar-refractivity contribution in [3.8, 4) is 11.5 Å². The van der Waals surface area contributed by atoms with E-state index in [9.17, 15) is 0 Å². The van der Waals surface area contributed by atoms with Crippen molar-refractivity contribution >= 4 is 62.9 Å². The molecule has 0 atom stereocenters. The standard InChI is InChI=1S/C16H18BrN3O2S.HI/c1-18-16(19-9-13-7-11(17)10-23-13)20-12-3-4-14-15(8-12)22-6-2-5-21-14;/h3-4,7-8,10H,2,5-6,9H2,1H3,(H2,18,19,20);1H. The number of ether oxygens (including phenoxy) is 2. The van der Waals surface area contributed by atoms with Crippen LogP contribution in [0.5, 0.6) is 11.5 Å². The molecule has 0 bridgehead atoms. The van der Waals surface area contributed by atoms with Crippen molar-refractivity contribution in [3.05, 3.63) is 39.0 Å². The Labute approximate surface area is 171 Å². The molecule has 2 aromatic rings. The fourth-order valence-electron chi connectivity index (χ4n) is 2.17. The van der Waals surface area contributed by atoms with Gasteiger partial charge in [0.05, 0.1) is 19.8 Å². The van der Waals surface area contributed by atoms with Crippen molar-refractivity contribution in [1.82, 2.24) is 5.32 Å². The number of rotatable bonds is 3. The molecular weight excluding hydrogens is 505 g/mol. The van der Waals surface area contributed by atoms with Gasteiger partial charge >= 0.3 is 0 Å². The van der Waals surface area contributed by atoms with E-state index in [4.69, 9.17) is 9.47 Å². The summed E-state index contributed by atoms with van der Waals surface area (Å²) < 4.78 is 12.5. The summed E-state index contributed by atoms with van der Waals surface area (Å²) in [7, 11) is 1.75. The van der Waals surface area contributed by atoms with Crippen LogP contribution in [0.1, 0.15) is 11.3 Å². The summed E-state index contributed by atoms with van der Waals surface area (Å²) in [5, 5.41) is 8.64. The quantitative estimate of drug-likeness (QED) is 0.354. The minimum atomic E-state index is 0. The van der Waals surface area contributed by atoms with Crippen LogP contribution in [-0.2, 0) is 6.54 Å². The van der Waals surface area contributed by atoms with Gasteiger partial charge in [0.1, 0.15) is 0 Å². The Hall–Kier alpha value is -1.00. The van der Waals surface area contributed by atoms with Crippen LogP contribution in [-0.4, -0.2) is 26.2 Å². The van der Waals surface area contributed by atoms with Crippen molar-refractivity contribution in [2.45, 2.75) is 13.0 Å². The maximum absolute atomic E-state index is 5.71. The molecular formula is C16H19BrIN3O2S. The lowest BCUT2D eigenvalue weighted by atomic mass is 10.3. The Morgan fingerprint density at radius 2 is 2.04 bits per heavy atom. The van der Waals surface area contributed by atoms with E-state index in [-0.39, 0.29) is 24.0 Å². The van der Waals surface area contributed by atoms with Gasteiger partial charge in [0.25, 0.3) is 0 Å². The highest BCUT2D eigenvalue weighted by molar-refractivity contribution is 14.0. The zero-order valence-electron chi connectivity index (χ0n) is 13.2. The van der Waals surface area contributed by atoms with Gasteiger partial charge in [-0.3, -0.25) is 4.99 Å². The first-order valence-electron chi connectivity index (χ1n) is 7.35. The molecule has 1 aromatic heterocycles. The van der Waals surface area contributed by atoms with E-state index < -0.39 is 0 Å². The Kier molecular flexibility index (Phi) is 7.63. The first-order valence-corrected chi connectivity index (χ1v) is 9.02. The molecule has 1 aliphatic rings. The van der Waals surface area contributed by atoms with Gasteiger partial charge in [-0.1, -0.05) is 0 Å². The summed E-state index contributed by atoms with van der Waals surface area (Å²) in [6.07, 6.45) is 0.900. The molecule has 0 spiro atoms. The molecule has 5 nitrogen and oxygen atoms in total. The molecule has 0 aliphatic carbocycles. The first kappa shape index (κ1) is 19.3. The van der Waals surface area contributed by atoms with Crippen LogP contribution in [0.4, 0.5) is 5.69 Å². The van der Waals surface area contributed by atoms with Crippen LogP contribution in [0.3, 0.4) is 0 Å². The van der Waals surface area contributed by atoms with E-state index in [2.05, 4.69) is 43.0 Å². The third-order valence-electron chi connectivity index (χ3n) is 3.29. The molecule has 8 heteroatoms. The predicted molar refractivity (Wildman–Crippen MR) is 113 cm³/mol. The number of hydrogen-bond acceptors (Lipinski definition) is 4. The molecule has 2 heterocycles. The molecule has 0 fully saturated rings. The predicted octanol–water partition coefficient (Wildman–Crippen LogP) is 4.48. The van der Waals surface area contributed by atoms with Gasteiger partial charge in [0, 0.05) is 40.0 Å². The number of hydrogen-bond donors (Lipinski definition) is 2. The van der Waals surface area contributed by atoms with E-state index >= 15 is 0 Å². The number of nitrogens with zero attached hydrogens (tertiary/aromatic N) is 1. The zero-order valence-corrected chi connectivity index (χ0v) is 17.9. The number of aliphatic imine (C=N–C) groups is 1. The lowest BCUT2D eigenvalue weighted by Crippen LogP contribution is -2.29. The van der Waals surface area contributed by atoms with Crippen LogP contribution >= 0.6 is 51.2 Å². The normalized spacial score (nSPS) is 13.7. The summed E-state index contributed by atoms with van der Waals surface area (Å²) in [5.41, 5.74) is 0.912. The second-order valence-corrected chi connectivity index (χ2v) is 6.91. The summed E-state index contributed by atoms with van der Waals surface area (Å²) in [4.78, 5) is 5.49. The number of benzene rings is 1. The van der Waals surface area contributed by atoms with Crippen LogP contribution in [0, 0.1) is 0 Å². The molecule has 1 aromatic carbocycles. The smallest absolute Gasteiger partial charge is 0.195 e. The van der Waals surface area contributed by atoms with Crippen LogP contribution in [0.15, 0.2) is 39.1 Å². The fourth-order valence-corrected chi connectivity index (χ4v) is 3.56. The second-order valence-electron chi connectivity index (χ2n) is 4.99. The van der Waals surface area contributed by atoms with Gasteiger partial charge < -0.3 is 20.1 Å². The highest BCUT2D eigenvalue weighted by atomic mass is 127. The summed E-state index contributed by atoms with van der Waals surface area (Å²) >= 11 is 5.16. The highest BCUT2D eigenvalue weighted by Crippen LogP contribution is 2.32. The van der Waals surface area contributed by atoms with E-state index in [1.807, 2.05) is 18.2 Å². The van der Waals surface area contributed by atoms with Crippen LogP contribution in [0.25, 0.3) is 0 Å². The molecule has 0 unspecified atom stereocenters. The number of halogens is 2. The van der Waals surface area contributed by atoms with Gasteiger partial charge in [-0.15, -0.1) is 35.3 Å². The minimum Gasteiger partial charge on any atom is -0.490 e. The van der Waals surface area contributed by atoms with Crippen molar-refractivity contribution < 1.29 is 9.47 Å². The Balaban J connectivity index is 0.00000208. The van der Waals surface area contributed by atoms with Crippen LogP contribution in [0.2, 0.25) is 0 Å². The highest BCUT2D eigenvalue weighted by Gasteiger charge is 2.11. The largest absolute Gasteiger partial charge is 0.490 e. The van der Waals surface area contributed by atoms with E-state index in [0.717, 1.165) is 34.6 Å². The van der Waals surface area contributed by atoms with E-state index in [0.29, 0.717) is 19.2 Å². The van der Waals surface area contributed by atoms with Crippen molar-refractivity contribution in [2.24, 2.45) is 4.99 Å². The Morgan fingerprint density at radius 3 is 2.75 bits per heavy atom. The maximum Gasteiger partial charge on any atom is 0.195 e. The van der Waals surface area contributed by atoms with Gasteiger partial charge in [-0.2, -0.15) is 0 Å². The molecule has 1 aliphatic heterocycles. The molecule has 0 saturated carbocycles. The maximum atomic E-state index is 5.71. The first-order chi connectivity index (χ1) is 11.2. The topological polar surface area (TPSA) is 54.9 Å². The van der Waals surface area contributed by atoms with Gasteiger partial charge in [-0.25, -0.2) is 0 Å². The molecule has 130 valence electrons. The summed E-state index contributed by atoms with van der Waals surface area (Å²) in [5.74, 6) is 2.27. The zero-order chi connectivity index (χ0) is 16.1. The Bertz CT molecular complexity index is 708. The lowest BCUT2D eigenvalue weighted by Gasteiger charge is -2.13. The number of nitrogens with one attached hydrogen (secondary N) is 2. The monoisotopic (exact) mass is 523 g/mol. The van der Waals surface area contributed by atoms with Gasteiger partial charge in [0.2, 0.25) is 0 Å². The summed E-state index contributed by atoms with van der Waals surface area (Å²) in [6, 6.07) is 7.92.